The van der Waals surface area contributed by atoms with Gasteiger partial charge in [-0.15, -0.1) is 6.58 Å². The highest BCUT2D eigenvalue weighted by Gasteiger charge is 2.27. The fourth-order valence-corrected chi connectivity index (χ4v) is 5.88. The van der Waals surface area contributed by atoms with Crippen molar-refractivity contribution in [3.8, 4) is 22.4 Å². The zero-order chi connectivity index (χ0) is 27.3. The fourth-order valence-electron chi connectivity index (χ4n) is 5.88. The lowest BCUT2D eigenvalue weighted by Gasteiger charge is -2.25. The Balaban J connectivity index is 1.99. The Labute approximate surface area is 230 Å². The summed E-state index contributed by atoms with van der Waals surface area (Å²) in [5.41, 5.74) is 10.8. The summed E-state index contributed by atoms with van der Waals surface area (Å²) in [6, 6.07) is 20.6. The minimum atomic E-state index is 0.158. The number of pyridine rings is 1. The average Bonchev–Trinajstić information content (AvgIpc) is 3.23. The molecule has 0 amide bonds. The van der Waals surface area contributed by atoms with E-state index < -0.39 is 0 Å². The number of rotatable bonds is 12. The van der Waals surface area contributed by atoms with Crippen LogP contribution in [-0.4, -0.2) is 9.55 Å². The minimum absolute atomic E-state index is 0.158. The van der Waals surface area contributed by atoms with Crippen molar-refractivity contribution >= 4 is 10.9 Å². The third-order valence-electron chi connectivity index (χ3n) is 8.14. The molecule has 0 radical (unpaired) electrons. The van der Waals surface area contributed by atoms with Gasteiger partial charge in [-0.1, -0.05) is 77.4 Å². The van der Waals surface area contributed by atoms with Crippen LogP contribution in [0.15, 0.2) is 73.4 Å². The van der Waals surface area contributed by atoms with Crippen molar-refractivity contribution in [2.45, 2.75) is 92.5 Å². The van der Waals surface area contributed by atoms with Crippen molar-refractivity contribution in [2.24, 2.45) is 5.41 Å². The third kappa shape index (κ3) is 5.80. The third-order valence-corrected chi connectivity index (χ3v) is 8.14. The lowest BCUT2D eigenvalue weighted by molar-refractivity contribution is 0.337. The van der Waals surface area contributed by atoms with Gasteiger partial charge in [-0.3, -0.25) is 4.98 Å². The zero-order valence-electron chi connectivity index (χ0n) is 24.5. The standard InChI is InChI=1S/C36H46N2/c1-8-12-21-36(6,7)25-32-31-24-29(28-17-13-16-27(23-28)15-9-2)19-20-33(31)38(11-4)35(32)30-18-14-22-37-34(30)26(5)10-3/h8,13-14,16-20,22-24,26H,1,9-12,15,21,25H2,2-7H3. The van der Waals surface area contributed by atoms with E-state index in [9.17, 15) is 0 Å². The van der Waals surface area contributed by atoms with E-state index in [1.54, 1.807) is 0 Å². The first-order valence-corrected chi connectivity index (χ1v) is 14.6. The maximum absolute atomic E-state index is 4.92. The number of fused-ring (bicyclic) bond motifs is 1. The normalized spacial score (nSPS) is 12.7. The molecule has 2 nitrogen and oxygen atoms in total. The molecule has 0 aliphatic heterocycles. The van der Waals surface area contributed by atoms with Crippen LogP contribution in [0.25, 0.3) is 33.3 Å². The van der Waals surface area contributed by atoms with Crippen LogP contribution in [0.4, 0.5) is 0 Å². The Morgan fingerprint density at radius 1 is 1.00 bits per heavy atom. The minimum Gasteiger partial charge on any atom is -0.340 e. The van der Waals surface area contributed by atoms with Gasteiger partial charge in [-0.2, -0.15) is 0 Å². The summed E-state index contributed by atoms with van der Waals surface area (Å²) in [4.78, 5) is 4.92. The molecule has 0 saturated carbocycles. The van der Waals surface area contributed by atoms with E-state index in [0.29, 0.717) is 5.92 Å². The molecule has 0 saturated heterocycles. The maximum atomic E-state index is 4.92. The highest BCUT2D eigenvalue weighted by Crippen LogP contribution is 2.42. The largest absolute Gasteiger partial charge is 0.340 e. The summed E-state index contributed by atoms with van der Waals surface area (Å²) in [5.74, 6) is 0.410. The second-order valence-electron chi connectivity index (χ2n) is 11.7. The van der Waals surface area contributed by atoms with E-state index in [1.807, 2.05) is 6.20 Å². The van der Waals surface area contributed by atoms with Gasteiger partial charge in [0.2, 0.25) is 0 Å². The van der Waals surface area contributed by atoms with Gasteiger partial charge in [0.15, 0.2) is 0 Å². The quantitative estimate of drug-likeness (QED) is 0.175. The number of aromatic nitrogens is 2. The molecule has 200 valence electrons. The van der Waals surface area contributed by atoms with Gasteiger partial charge in [0.1, 0.15) is 0 Å². The van der Waals surface area contributed by atoms with Crippen LogP contribution in [-0.2, 0) is 19.4 Å². The molecule has 0 N–H and O–H groups in total. The van der Waals surface area contributed by atoms with Crippen LogP contribution in [0.1, 0.15) is 90.0 Å². The first kappa shape index (κ1) is 27.9. The summed E-state index contributed by atoms with van der Waals surface area (Å²) in [5, 5.41) is 1.38. The second-order valence-corrected chi connectivity index (χ2v) is 11.7. The Bertz CT molecular complexity index is 1390. The van der Waals surface area contributed by atoms with Gasteiger partial charge < -0.3 is 4.57 Å². The number of hydrogen-bond acceptors (Lipinski definition) is 1. The monoisotopic (exact) mass is 506 g/mol. The van der Waals surface area contributed by atoms with Gasteiger partial charge in [0, 0.05) is 29.2 Å². The van der Waals surface area contributed by atoms with E-state index in [-0.39, 0.29) is 5.41 Å². The summed E-state index contributed by atoms with van der Waals surface area (Å²) >= 11 is 0. The zero-order valence-corrected chi connectivity index (χ0v) is 24.5. The molecule has 0 aliphatic rings. The van der Waals surface area contributed by atoms with Gasteiger partial charge in [-0.05, 0) is 96.9 Å². The predicted molar refractivity (Wildman–Crippen MR) is 166 cm³/mol. The molecule has 2 heteroatoms. The molecule has 0 spiro atoms. The summed E-state index contributed by atoms with van der Waals surface area (Å²) in [6.07, 6.45) is 10.6. The van der Waals surface area contributed by atoms with Crippen LogP contribution < -0.4 is 0 Å². The van der Waals surface area contributed by atoms with E-state index in [2.05, 4.69) is 113 Å². The summed E-state index contributed by atoms with van der Waals surface area (Å²) in [6.45, 7) is 18.8. The van der Waals surface area contributed by atoms with Crippen LogP contribution in [0.5, 0.6) is 0 Å². The first-order chi connectivity index (χ1) is 18.3. The number of aryl methyl sites for hydroxylation is 2. The molecule has 4 rings (SSSR count). The smallest absolute Gasteiger partial charge is 0.0542 e. The van der Waals surface area contributed by atoms with Crippen molar-refractivity contribution in [2.75, 3.05) is 0 Å². The Hall–Kier alpha value is -3.13. The van der Waals surface area contributed by atoms with Crippen molar-refractivity contribution in [3.63, 3.8) is 0 Å². The van der Waals surface area contributed by atoms with Gasteiger partial charge in [-0.25, -0.2) is 0 Å². The molecule has 0 aliphatic carbocycles. The molecule has 38 heavy (non-hydrogen) atoms. The van der Waals surface area contributed by atoms with E-state index >= 15 is 0 Å². The van der Waals surface area contributed by atoms with Crippen LogP contribution >= 0.6 is 0 Å². The molecule has 2 aromatic heterocycles. The number of nitrogens with zero attached hydrogens (tertiary/aromatic N) is 2. The highest BCUT2D eigenvalue weighted by atomic mass is 15.0. The van der Waals surface area contributed by atoms with E-state index in [0.717, 1.165) is 38.6 Å². The number of benzene rings is 2. The Morgan fingerprint density at radius 2 is 1.79 bits per heavy atom. The molecule has 1 atom stereocenters. The van der Waals surface area contributed by atoms with E-state index in [1.165, 1.54) is 56.5 Å². The van der Waals surface area contributed by atoms with Crippen LogP contribution in [0.3, 0.4) is 0 Å². The van der Waals surface area contributed by atoms with Crippen LogP contribution in [0.2, 0.25) is 0 Å². The van der Waals surface area contributed by atoms with Gasteiger partial charge in [0.25, 0.3) is 0 Å². The Kier molecular flexibility index (Phi) is 8.92. The molecule has 4 aromatic rings. The lowest BCUT2D eigenvalue weighted by atomic mass is 9.80. The molecular weight excluding hydrogens is 460 g/mol. The molecule has 2 heterocycles. The van der Waals surface area contributed by atoms with Gasteiger partial charge in [0.05, 0.1) is 11.4 Å². The molecule has 0 bridgehead atoms. The fraction of sp³-hybridized carbons (Fsp3) is 0.417. The van der Waals surface area contributed by atoms with E-state index in [4.69, 9.17) is 4.98 Å². The first-order valence-electron chi connectivity index (χ1n) is 14.6. The SMILES string of the molecule is C=CCCC(C)(C)Cc1c(-c2cccnc2C(C)CC)n(CC)c2ccc(-c3cccc(CCC)c3)cc12. The van der Waals surface area contributed by atoms with Gasteiger partial charge >= 0.3 is 0 Å². The lowest BCUT2D eigenvalue weighted by Crippen LogP contribution is -2.15. The molecular formula is C36H46N2. The van der Waals surface area contributed by atoms with Crippen molar-refractivity contribution in [1.29, 1.82) is 0 Å². The Morgan fingerprint density at radius 3 is 2.50 bits per heavy atom. The van der Waals surface area contributed by atoms with Crippen molar-refractivity contribution in [3.05, 3.63) is 90.3 Å². The summed E-state index contributed by atoms with van der Waals surface area (Å²) in [7, 11) is 0. The maximum Gasteiger partial charge on any atom is 0.0542 e. The summed E-state index contributed by atoms with van der Waals surface area (Å²) < 4.78 is 2.54. The topological polar surface area (TPSA) is 17.8 Å². The molecule has 1 unspecified atom stereocenters. The molecule has 2 aromatic carbocycles. The number of allylic oxidation sites excluding steroid dienone is 1. The van der Waals surface area contributed by atoms with Crippen molar-refractivity contribution in [1.82, 2.24) is 9.55 Å². The average molecular weight is 507 g/mol. The number of hydrogen-bond donors (Lipinski definition) is 0. The van der Waals surface area contributed by atoms with Crippen LogP contribution in [0, 0.1) is 5.41 Å². The highest BCUT2D eigenvalue weighted by molar-refractivity contribution is 5.95. The molecule has 0 fully saturated rings. The second kappa shape index (κ2) is 12.2. The predicted octanol–water partition coefficient (Wildman–Crippen LogP) is 10.4. The van der Waals surface area contributed by atoms with Crippen molar-refractivity contribution < 1.29 is 0 Å².